The van der Waals surface area contributed by atoms with E-state index in [1.807, 2.05) is 6.07 Å². The lowest BCUT2D eigenvalue weighted by Gasteiger charge is -2.25. The summed E-state index contributed by atoms with van der Waals surface area (Å²) in [4.78, 5) is 38.7. The van der Waals surface area contributed by atoms with Gasteiger partial charge in [-0.05, 0) is 36.1 Å². The number of benzene rings is 2. The molecule has 1 aliphatic heterocycles. The first-order chi connectivity index (χ1) is 14.7. The molecule has 1 aliphatic rings. The topological polar surface area (TPSA) is 139 Å². The molecule has 1 fully saturated rings. The van der Waals surface area contributed by atoms with Gasteiger partial charge in [0, 0.05) is 6.54 Å². The van der Waals surface area contributed by atoms with Gasteiger partial charge in [0.2, 0.25) is 15.9 Å². The van der Waals surface area contributed by atoms with Gasteiger partial charge in [0.25, 0.3) is 5.91 Å². The number of urea groups is 1. The quantitative estimate of drug-likeness (QED) is 0.518. The van der Waals surface area contributed by atoms with Crippen molar-refractivity contribution >= 4 is 27.9 Å². The van der Waals surface area contributed by atoms with Crippen molar-refractivity contribution in [2.45, 2.75) is 30.2 Å². The summed E-state index contributed by atoms with van der Waals surface area (Å²) in [6.07, 6.45) is 0.800. The summed E-state index contributed by atoms with van der Waals surface area (Å²) in [5.41, 5.74) is 0.294. The van der Waals surface area contributed by atoms with Crippen LogP contribution in [0.3, 0.4) is 0 Å². The highest BCUT2D eigenvalue weighted by Gasteiger charge is 2.51. The molecule has 0 saturated carbocycles. The number of rotatable bonds is 8. The molecule has 4 N–H and O–H groups in total. The molecular formula is C21H24N4O5S. The number of sulfonamides is 1. The molecule has 0 aliphatic carbocycles. The lowest BCUT2D eigenvalue weighted by atomic mass is 9.87. The standard InChI is InChI=1S/C21H24N4O5S/c1-2-21(16-6-4-3-5-7-16)19(27)25(20(28)24-21)14-18(26)23-13-12-15-8-10-17(11-9-15)31(22,29)30/h3-11H,2,12-14H2,1H3,(H,23,26)(H,24,28)(H2,22,29,30). The summed E-state index contributed by atoms with van der Waals surface area (Å²) in [5, 5.41) is 10.5. The molecule has 10 heteroatoms. The summed E-state index contributed by atoms with van der Waals surface area (Å²) in [7, 11) is -3.75. The van der Waals surface area contributed by atoms with Gasteiger partial charge in [-0.1, -0.05) is 49.4 Å². The molecule has 0 spiro atoms. The van der Waals surface area contributed by atoms with Gasteiger partial charge in [-0.25, -0.2) is 18.4 Å². The molecule has 9 nitrogen and oxygen atoms in total. The van der Waals surface area contributed by atoms with Crippen LogP contribution in [-0.2, 0) is 31.6 Å². The van der Waals surface area contributed by atoms with Gasteiger partial charge >= 0.3 is 6.03 Å². The van der Waals surface area contributed by atoms with Crippen molar-refractivity contribution in [3.63, 3.8) is 0 Å². The largest absolute Gasteiger partial charge is 0.354 e. The second kappa shape index (κ2) is 8.86. The van der Waals surface area contributed by atoms with Crippen LogP contribution in [0.15, 0.2) is 59.5 Å². The molecule has 2 aromatic carbocycles. The van der Waals surface area contributed by atoms with E-state index in [9.17, 15) is 22.8 Å². The van der Waals surface area contributed by atoms with Crippen LogP contribution >= 0.6 is 0 Å². The number of amides is 4. The van der Waals surface area contributed by atoms with E-state index in [-0.39, 0.29) is 18.0 Å². The van der Waals surface area contributed by atoms with Crippen molar-refractivity contribution in [1.29, 1.82) is 0 Å². The average molecular weight is 445 g/mol. The van der Waals surface area contributed by atoms with E-state index in [0.717, 1.165) is 10.5 Å². The molecule has 4 amide bonds. The second-order valence-electron chi connectivity index (χ2n) is 7.24. The summed E-state index contributed by atoms with van der Waals surface area (Å²) < 4.78 is 22.6. The highest BCUT2D eigenvalue weighted by Crippen LogP contribution is 2.32. The molecule has 3 rings (SSSR count). The Labute approximate surface area is 180 Å². The van der Waals surface area contributed by atoms with Gasteiger partial charge in [-0.3, -0.25) is 14.5 Å². The Balaban J connectivity index is 1.58. The Morgan fingerprint density at radius 1 is 1.10 bits per heavy atom. The third-order valence-corrected chi connectivity index (χ3v) is 6.19. The molecule has 164 valence electrons. The summed E-state index contributed by atoms with van der Waals surface area (Å²) in [5.74, 6) is -0.926. The predicted octanol–water partition coefficient (Wildman–Crippen LogP) is 0.850. The Bertz CT molecular complexity index is 1090. The lowest BCUT2D eigenvalue weighted by Crippen LogP contribution is -2.45. The number of hydrogen-bond acceptors (Lipinski definition) is 5. The maximum atomic E-state index is 13.0. The molecule has 1 saturated heterocycles. The minimum absolute atomic E-state index is 0.0108. The van der Waals surface area contributed by atoms with Crippen LogP contribution in [0.5, 0.6) is 0 Å². The number of primary sulfonamides is 1. The molecule has 0 aromatic heterocycles. The number of nitrogens with one attached hydrogen (secondary N) is 2. The van der Waals surface area contributed by atoms with E-state index in [1.54, 1.807) is 43.3 Å². The maximum absolute atomic E-state index is 13.0. The summed E-state index contributed by atoms with van der Waals surface area (Å²) >= 11 is 0. The van der Waals surface area contributed by atoms with Crippen molar-refractivity contribution in [2.24, 2.45) is 5.14 Å². The number of carbonyl (C=O) groups is 3. The van der Waals surface area contributed by atoms with Gasteiger partial charge in [0.15, 0.2) is 0 Å². The zero-order valence-corrected chi connectivity index (χ0v) is 17.8. The highest BCUT2D eigenvalue weighted by molar-refractivity contribution is 7.89. The summed E-state index contributed by atoms with van der Waals surface area (Å²) in [6, 6.07) is 14.3. The van der Waals surface area contributed by atoms with E-state index >= 15 is 0 Å². The van der Waals surface area contributed by atoms with Crippen molar-refractivity contribution in [3.05, 3.63) is 65.7 Å². The smallest absolute Gasteiger partial charge is 0.325 e. The molecule has 0 bridgehead atoms. The van der Waals surface area contributed by atoms with Gasteiger partial charge in [0.05, 0.1) is 4.90 Å². The molecule has 1 heterocycles. The first-order valence-electron chi connectivity index (χ1n) is 9.75. The van der Waals surface area contributed by atoms with E-state index in [0.29, 0.717) is 18.4 Å². The van der Waals surface area contributed by atoms with Crippen LogP contribution in [0.4, 0.5) is 4.79 Å². The number of nitrogens with two attached hydrogens (primary N) is 1. The van der Waals surface area contributed by atoms with Crippen LogP contribution < -0.4 is 15.8 Å². The Morgan fingerprint density at radius 3 is 2.32 bits per heavy atom. The first kappa shape index (κ1) is 22.4. The van der Waals surface area contributed by atoms with Gasteiger partial charge in [-0.15, -0.1) is 0 Å². The Kier molecular flexibility index (Phi) is 6.42. The van der Waals surface area contributed by atoms with Gasteiger partial charge in [-0.2, -0.15) is 0 Å². The van der Waals surface area contributed by atoms with Crippen LogP contribution in [0, 0.1) is 0 Å². The SMILES string of the molecule is CCC1(c2ccccc2)NC(=O)N(CC(=O)NCCc2ccc(S(N)(=O)=O)cc2)C1=O. The van der Waals surface area contributed by atoms with E-state index in [1.165, 1.54) is 12.1 Å². The predicted molar refractivity (Wildman–Crippen MR) is 113 cm³/mol. The fourth-order valence-electron chi connectivity index (χ4n) is 3.52. The summed E-state index contributed by atoms with van der Waals surface area (Å²) in [6.45, 7) is 1.67. The molecule has 1 atom stereocenters. The van der Waals surface area contributed by atoms with Crippen LogP contribution in [-0.4, -0.2) is 44.3 Å². The number of imide groups is 1. The Hall–Kier alpha value is -3.24. The average Bonchev–Trinajstić information content (AvgIpc) is 2.99. The zero-order valence-electron chi connectivity index (χ0n) is 17.0. The third kappa shape index (κ3) is 4.75. The first-order valence-corrected chi connectivity index (χ1v) is 11.3. The minimum Gasteiger partial charge on any atom is -0.354 e. The van der Waals surface area contributed by atoms with Crippen molar-refractivity contribution in [2.75, 3.05) is 13.1 Å². The Morgan fingerprint density at radius 2 is 1.74 bits per heavy atom. The number of hydrogen-bond donors (Lipinski definition) is 3. The normalized spacial score (nSPS) is 18.7. The fourth-order valence-corrected chi connectivity index (χ4v) is 4.04. The second-order valence-corrected chi connectivity index (χ2v) is 8.80. The van der Waals surface area contributed by atoms with Crippen LogP contribution in [0.25, 0.3) is 0 Å². The fraction of sp³-hybridized carbons (Fsp3) is 0.286. The van der Waals surface area contributed by atoms with Crippen LogP contribution in [0.2, 0.25) is 0 Å². The van der Waals surface area contributed by atoms with E-state index < -0.39 is 33.4 Å². The van der Waals surface area contributed by atoms with Crippen molar-refractivity contribution < 1.29 is 22.8 Å². The van der Waals surface area contributed by atoms with Crippen molar-refractivity contribution in [3.8, 4) is 0 Å². The third-order valence-electron chi connectivity index (χ3n) is 5.26. The molecule has 31 heavy (non-hydrogen) atoms. The van der Waals surface area contributed by atoms with Crippen molar-refractivity contribution in [1.82, 2.24) is 15.5 Å². The zero-order chi connectivity index (χ0) is 22.6. The number of carbonyl (C=O) groups excluding carboxylic acids is 3. The van der Waals surface area contributed by atoms with E-state index in [4.69, 9.17) is 5.14 Å². The van der Waals surface area contributed by atoms with Crippen LogP contribution in [0.1, 0.15) is 24.5 Å². The van der Waals surface area contributed by atoms with Gasteiger partial charge < -0.3 is 10.6 Å². The van der Waals surface area contributed by atoms with E-state index in [2.05, 4.69) is 10.6 Å². The molecule has 2 aromatic rings. The molecule has 0 radical (unpaired) electrons. The maximum Gasteiger partial charge on any atom is 0.325 e. The number of nitrogens with zero attached hydrogens (tertiary/aromatic N) is 1. The monoisotopic (exact) mass is 444 g/mol. The molecular weight excluding hydrogens is 420 g/mol. The lowest BCUT2D eigenvalue weighted by molar-refractivity contribution is -0.135. The minimum atomic E-state index is -3.75. The molecule has 1 unspecified atom stereocenters. The highest BCUT2D eigenvalue weighted by atomic mass is 32.2. The van der Waals surface area contributed by atoms with Gasteiger partial charge in [0.1, 0.15) is 12.1 Å².